The second-order valence-electron chi connectivity index (χ2n) is 7.45. The van der Waals surface area contributed by atoms with E-state index in [9.17, 15) is 31.4 Å². The molecule has 35 heavy (non-hydrogen) atoms. The quantitative estimate of drug-likeness (QED) is 0.523. The van der Waals surface area contributed by atoms with Crippen molar-refractivity contribution in [2.75, 3.05) is 23.3 Å². The molecule has 1 aliphatic rings. The maximum atomic E-state index is 13.1. The molecule has 4 heterocycles. The molecule has 0 aromatic carbocycles. The van der Waals surface area contributed by atoms with E-state index in [1.807, 2.05) is 6.07 Å². The van der Waals surface area contributed by atoms with Gasteiger partial charge in [-0.1, -0.05) is 6.07 Å². The summed E-state index contributed by atoms with van der Waals surface area (Å²) in [5.74, 6) is -1.48. The van der Waals surface area contributed by atoms with E-state index in [2.05, 4.69) is 30.2 Å². The zero-order valence-corrected chi connectivity index (χ0v) is 17.4. The van der Waals surface area contributed by atoms with Gasteiger partial charge < -0.3 is 15.3 Å². The Bertz CT molecular complexity index is 1280. The summed E-state index contributed by atoms with van der Waals surface area (Å²) in [4.78, 5) is 20.5. The summed E-state index contributed by atoms with van der Waals surface area (Å²) in [5.41, 5.74) is -2.75. The zero-order valence-electron chi connectivity index (χ0n) is 17.4. The third-order valence-corrected chi connectivity index (χ3v) is 4.94. The standard InChI is InChI=1S/C20H14F6N8O/c21-19(22,23)14-3-1-2-12(30-14)16-31-17(29-11-4-5-28-15(6-11)20(24,25)26)33-18(32-16)34-8-10(7-27)13(35)9-34/h1-6,10,13,35H,8-9H2,(H,28,29,31,32,33)/t10-,13-/m1/s1. The molecule has 0 unspecified atom stereocenters. The molecule has 15 heteroatoms. The van der Waals surface area contributed by atoms with E-state index in [1.165, 1.54) is 17.0 Å². The van der Waals surface area contributed by atoms with Crippen molar-refractivity contribution < 1.29 is 31.4 Å². The largest absolute Gasteiger partial charge is 0.433 e. The van der Waals surface area contributed by atoms with Gasteiger partial charge in [-0.05, 0) is 24.3 Å². The van der Waals surface area contributed by atoms with Gasteiger partial charge in [-0.15, -0.1) is 0 Å². The summed E-state index contributed by atoms with van der Waals surface area (Å²) in [5, 5.41) is 21.8. The van der Waals surface area contributed by atoms with Crippen molar-refractivity contribution in [1.29, 1.82) is 5.26 Å². The van der Waals surface area contributed by atoms with Gasteiger partial charge in [0, 0.05) is 25.0 Å². The molecule has 182 valence electrons. The van der Waals surface area contributed by atoms with Crippen molar-refractivity contribution in [1.82, 2.24) is 24.9 Å². The highest BCUT2D eigenvalue weighted by atomic mass is 19.4. The lowest BCUT2D eigenvalue weighted by Crippen LogP contribution is -2.24. The molecule has 1 fully saturated rings. The number of aliphatic hydroxyl groups excluding tert-OH is 1. The first-order valence-corrected chi connectivity index (χ1v) is 9.87. The topological polar surface area (TPSA) is 124 Å². The molecule has 4 rings (SSSR count). The molecule has 2 atom stereocenters. The molecular weight excluding hydrogens is 482 g/mol. The van der Waals surface area contributed by atoms with Gasteiger partial charge in [0.25, 0.3) is 0 Å². The maximum absolute atomic E-state index is 13.1. The Hall–Kier alpha value is -4.06. The number of aromatic nitrogens is 5. The van der Waals surface area contributed by atoms with Crippen molar-refractivity contribution in [3.05, 3.63) is 47.9 Å². The van der Waals surface area contributed by atoms with Gasteiger partial charge >= 0.3 is 12.4 Å². The fraction of sp³-hybridized carbons (Fsp3) is 0.300. The van der Waals surface area contributed by atoms with Crippen LogP contribution in [0.2, 0.25) is 0 Å². The van der Waals surface area contributed by atoms with Crippen LogP contribution in [-0.2, 0) is 12.4 Å². The minimum Gasteiger partial charge on any atom is -0.390 e. The number of hydrogen-bond donors (Lipinski definition) is 2. The Kier molecular flexibility index (Phi) is 6.15. The van der Waals surface area contributed by atoms with Crippen LogP contribution in [-0.4, -0.2) is 49.2 Å². The normalized spacial score (nSPS) is 18.4. The monoisotopic (exact) mass is 496 g/mol. The Labute approximate surface area is 193 Å². The summed E-state index contributed by atoms with van der Waals surface area (Å²) >= 11 is 0. The van der Waals surface area contributed by atoms with Crippen molar-refractivity contribution in [3.63, 3.8) is 0 Å². The fourth-order valence-electron chi connectivity index (χ4n) is 3.26. The number of nitriles is 1. The second-order valence-corrected chi connectivity index (χ2v) is 7.45. The van der Waals surface area contributed by atoms with Crippen LogP contribution in [0.5, 0.6) is 0 Å². The molecular formula is C20H14F6N8O. The SMILES string of the molecule is N#C[C@@H]1CN(c2nc(Nc3ccnc(C(F)(F)F)c3)nc(-c3cccc(C(F)(F)F)n3)n2)C[C@H]1O. The van der Waals surface area contributed by atoms with Crippen LogP contribution in [0.4, 0.5) is 43.9 Å². The molecule has 0 saturated carbocycles. The number of nitrogens with one attached hydrogen (secondary N) is 1. The lowest BCUT2D eigenvalue weighted by molar-refractivity contribution is -0.141. The molecule has 9 nitrogen and oxygen atoms in total. The molecule has 3 aromatic rings. The van der Waals surface area contributed by atoms with Crippen molar-refractivity contribution in [2.24, 2.45) is 5.92 Å². The first-order valence-electron chi connectivity index (χ1n) is 9.87. The predicted molar refractivity (Wildman–Crippen MR) is 108 cm³/mol. The highest BCUT2D eigenvalue weighted by molar-refractivity contribution is 5.59. The van der Waals surface area contributed by atoms with E-state index >= 15 is 0 Å². The van der Waals surface area contributed by atoms with Gasteiger partial charge in [0.15, 0.2) is 5.82 Å². The van der Waals surface area contributed by atoms with Crippen LogP contribution < -0.4 is 10.2 Å². The number of halogens is 6. The average molecular weight is 496 g/mol. The number of pyridine rings is 2. The summed E-state index contributed by atoms with van der Waals surface area (Å²) in [7, 11) is 0. The highest BCUT2D eigenvalue weighted by Gasteiger charge is 2.35. The van der Waals surface area contributed by atoms with E-state index < -0.39 is 35.8 Å². The van der Waals surface area contributed by atoms with Crippen LogP contribution in [0.15, 0.2) is 36.5 Å². The minimum absolute atomic E-state index is 0.0179. The van der Waals surface area contributed by atoms with E-state index in [4.69, 9.17) is 5.26 Å². The first kappa shape index (κ1) is 24.1. The van der Waals surface area contributed by atoms with E-state index in [1.54, 1.807) is 0 Å². The van der Waals surface area contributed by atoms with Crippen molar-refractivity contribution >= 4 is 17.6 Å². The predicted octanol–water partition coefficient (Wildman–Crippen LogP) is 3.43. The number of anilines is 3. The molecule has 3 aromatic heterocycles. The molecule has 0 amide bonds. The third-order valence-electron chi connectivity index (χ3n) is 4.94. The molecule has 0 bridgehead atoms. The van der Waals surface area contributed by atoms with Crippen LogP contribution in [0.1, 0.15) is 11.4 Å². The van der Waals surface area contributed by atoms with Gasteiger partial charge in [0.2, 0.25) is 11.9 Å². The van der Waals surface area contributed by atoms with Crippen molar-refractivity contribution in [2.45, 2.75) is 18.5 Å². The number of rotatable bonds is 4. The Balaban J connectivity index is 1.76. The molecule has 0 radical (unpaired) electrons. The van der Waals surface area contributed by atoms with Crippen LogP contribution in [0.25, 0.3) is 11.5 Å². The third kappa shape index (κ3) is 5.38. The zero-order chi connectivity index (χ0) is 25.4. The maximum Gasteiger partial charge on any atom is 0.433 e. The van der Waals surface area contributed by atoms with Gasteiger partial charge in [-0.25, -0.2) is 4.98 Å². The van der Waals surface area contributed by atoms with Crippen molar-refractivity contribution in [3.8, 4) is 17.6 Å². The molecule has 0 aliphatic carbocycles. The van der Waals surface area contributed by atoms with E-state index in [0.717, 1.165) is 18.3 Å². The summed E-state index contributed by atoms with van der Waals surface area (Å²) in [6, 6.07) is 6.94. The van der Waals surface area contributed by atoms with Gasteiger partial charge in [0.05, 0.1) is 18.1 Å². The van der Waals surface area contributed by atoms with Crippen LogP contribution >= 0.6 is 0 Å². The van der Waals surface area contributed by atoms with E-state index in [-0.39, 0.29) is 42.2 Å². The van der Waals surface area contributed by atoms with Gasteiger partial charge in [0.1, 0.15) is 17.1 Å². The smallest absolute Gasteiger partial charge is 0.390 e. The van der Waals surface area contributed by atoms with E-state index in [0.29, 0.717) is 6.07 Å². The Morgan fingerprint density at radius 3 is 2.37 bits per heavy atom. The number of aliphatic hydroxyl groups is 1. The minimum atomic E-state index is -4.74. The summed E-state index contributed by atoms with van der Waals surface area (Å²) < 4.78 is 78.5. The molecule has 2 N–H and O–H groups in total. The molecule has 1 saturated heterocycles. The summed E-state index contributed by atoms with van der Waals surface area (Å²) in [6.45, 7) is -0.0331. The van der Waals surface area contributed by atoms with Crippen LogP contribution in [0.3, 0.4) is 0 Å². The number of alkyl halides is 6. The van der Waals surface area contributed by atoms with Gasteiger partial charge in [-0.2, -0.15) is 46.6 Å². The number of β-amino-alcohol motifs (C(OH)–C–C–N with tert-alkyl or cyclic N) is 1. The Morgan fingerprint density at radius 1 is 0.971 bits per heavy atom. The molecule has 0 spiro atoms. The first-order chi connectivity index (χ1) is 16.4. The lowest BCUT2D eigenvalue weighted by atomic mass is 10.1. The average Bonchev–Trinajstić information content (AvgIpc) is 3.19. The lowest BCUT2D eigenvalue weighted by Gasteiger charge is -2.17. The molecule has 1 aliphatic heterocycles. The highest BCUT2D eigenvalue weighted by Crippen LogP contribution is 2.31. The Morgan fingerprint density at radius 2 is 1.71 bits per heavy atom. The number of hydrogen-bond acceptors (Lipinski definition) is 9. The number of nitrogens with zero attached hydrogens (tertiary/aromatic N) is 7. The fourth-order valence-corrected chi connectivity index (χ4v) is 3.26. The van der Waals surface area contributed by atoms with Crippen LogP contribution in [0, 0.1) is 17.2 Å². The second kappa shape index (κ2) is 8.95. The van der Waals surface area contributed by atoms with Gasteiger partial charge in [-0.3, -0.25) is 4.98 Å². The summed E-state index contributed by atoms with van der Waals surface area (Å²) in [6.07, 6.45) is -9.57.